The van der Waals surface area contributed by atoms with Crippen molar-refractivity contribution < 1.29 is 4.43 Å². The van der Waals surface area contributed by atoms with E-state index in [1.807, 2.05) is 6.07 Å². The summed E-state index contributed by atoms with van der Waals surface area (Å²) in [6, 6.07) is 31.7. The summed E-state index contributed by atoms with van der Waals surface area (Å²) < 4.78 is 7.01. The average molecular weight is 371 g/mol. The summed E-state index contributed by atoms with van der Waals surface area (Å²) in [4.78, 5) is 0. The monoisotopic (exact) mass is 370 g/mol. The predicted octanol–water partition coefficient (Wildman–Crippen LogP) is 4.79. The van der Waals surface area contributed by atoms with E-state index in [2.05, 4.69) is 104 Å². The van der Waals surface area contributed by atoms with E-state index in [1.54, 1.807) is 0 Å². The molecular formula is C25H26OSi. The molecule has 27 heavy (non-hydrogen) atoms. The largest absolute Gasteiger partial charge is 0.401 e. The van der Waals surface area contributed by atoms with Crippen molar-refractivity contribution in [2.24, 2.45) is 5.92 Å². The van der Waals surface area contributed by atoms with E-state index in [4.69, 9.17) is 10.8 Å². The molecule has 2 atom stereocenters. The summed E-state index contributed by atoms with van der Waals surface area (Å²) in [6.45, 7) is 4.37. The zero-order chi connectivity index (χ0) is 19.1. The van der Waals surface area contributed by atoms with Gasteiger partial charge in [-0.2, -0.15) is 0 Å². The highest BCUT2D eigenvalue weighted by Crippen LogP contribution is 2.28. The third-order valence-electron chi connectivity index (χ3n) is 5.05. The quantitative estimate of drug-likeness (QED) is 0.429. The van der Waals surface area contributed by atoms with Crippen LogP contribution in [0.4, 0.5) is 0 Å². The molecule has 0 fully saturated rings. The normalized spacial score (nSPS) is 13.5. The van der Waals surface area contributed by atoms with Gasteiger partial charge in [-0.1, -0.05) is 97.9 Å². The fourth-order valence-electron chi connectivity index (χ4n) is 3.41. The topological polar surface area (TPSA) is 9.23 Å². The van der Waals surface area contributed by atoms with Crippen molar-refractivity contribution in [3.05, 3.63) is 96.6 Å². The molecule has 0 aliphatic carbocycles. The molecule has 3 aromatic rings. The van der Waals surface area contributed by atoms with Gasteiger partial charge in [-0.05, 0) is 28.9 Å². The number of rotatable bonds is 7. The highest BCUT2D eigenvalue weighted by atomic mass is 28.4. The van der Waals surface area contributed by atoms with E-state index >= 15 is 0 Å². The molecule has 0 heterocycles. The Hall–Kier alpha value is -2.60. The van der Waals surface area contributed by atoms with Crippen LogP contribution in [0.2, 0.25) is 6.55 Å². The van der Waals surface area contributed by atoms with Gasteiger partial charge >= 0.3 is 0 Å². The minimum absolute atomic E-state index is 0.0330. The molecule has 136 valence electrons. The second-order valence-corrected chi connectivity index (χ2v) is 10.5. The van der Waals surface area contributed by atoms with E-state index in [0.29, 0.717) is 0 Å². The van der Waals surface area contributed by atoms with Gasteiger partial charge in [0.25, 0.3) is 8.32 Å². The molecule has 0 saturated heterocycles. The fraction of sp³-hybridized carbons (Fsp3) is 0.200. The van der Waals surface area contributed by atoms with E-state index < -0.39 is 8.32 Å². The van der Waals surface area contributed by atoms with Gasteiger partial charge in [-0.25, -0.2) is 0 Å². The molecule has 0 aromatic heterocycles. The van der Waals surface area contributed by atoms with Gasteiger partial charge in [-0.3, -0.25) is 0 Å². The van der Waals surface area contributed by atoms with Crippen molar-refractivity contribution in [3.8, 4) is 12.3 Å². The van der Waals surface area contributed by atoms with Crippen molar-refractivity contribution in [2.45, 2.75) is 26.0 Å². The maximum absolute atomic E-state index is 7.01. The lowest BCUT2D eigenvalue weighted by Crippen LogP contribution is -2.58. The van der Waals surface area contributed by atoms with Crippen LogP contribution in [-0.2, 0) is 4.43 Å². The third-order valence-corrected chi connectivity index (χ3v) is 8.68. The number of terminal acetylenes is 1. The molecule has 0 aliphatic heterocycles. The van der Waals surface area contributed by atoms with Gasteiger partial charge in [0.2, 0.25) is 0 Å². The van der Waals surface area contributed by atoms with Gasteiger partial charge in [0.15, 0.2) is 0 Å². The van der Waals surface area contributed by atoms with Crippen LogP contribution in [0.15, 0.2) is 91.0 Å². The van der Waals surface area contributed by atoms with Gasteiger partial charge in [-0.15, -0.1) is 12.3 Å². The van der Waals surface area contributed by atoms with Crippen LogP contribution in [0.25, 0.3) is 0 Å². The van der Waals surface area contributed by atoms with Gasteiger partial charge in [0, 0.05) is 5.92 Å². The molecule has 2 heteroatoms. The van der Waals surface area contributed by atoms with Crippen LogP contribution in [0, 0.1) is 18.3 Å². The van der Waals surface area contributed by atoms with Gasteiger partial charge in [0.05, 0.1) is 6.10 Å². The van der Waals surface area contributed by atoms with E-state index in [0.717, 1.165) is 6.42 Å². The summed E-state index contributed by atoms with van der Waals surface area (Å²) in [7, 11) is -2.40. The highest BCUT2D eigenvalue weighted by Gasteiger charge is 2.37. The molecule has 0 unspecified atom stereocenters. The van der Waals surface area contributed by atoms with Crippen LogP contribution >= 0.6 is 0 Å². The molecule has 0 bridgehead atoms. The summed E-state index contributed by atoms with van der Waals surface area (Å²) in [6.07, 6.45) is 6.47. The molecule has 0 radical (unpaired) electrons. The van der Waals surface area contributed by atoms with Crippen LogP contribution < -0.4 is 10.4 Å². The third kappa shape index (κ3) is 4.57. The van der Waals surface area contributed by atoms with Crippen molar-refractivity contribution in [1.82, 2.24) is 0 Å². The summed E-state index contributed by atoms with van der Waals surface area (Å²) >= 11 is 0. The van der Waals surface area contributed by atoms with Crippen molar-refractivity contribution in [1.29, 1.82) is 0 Å². The Morgan fingerprint density at radius 3 is 1.70 bits per heavy atom. The Kier molecular flexibility index (Phi) is 6.29. The standard InChI is InChI=1S/C25H26OSi/c1-4-21(2)20-25(22-14-8-5-9-15-22)26-27(3,23-16-10-6-11-17-23)24-18-12-7-13-19-24/h1,5-19,21,25H,20H2,2-3H3/t21-,25+/m1/s1. The number of hydrogen-bond donors (Lipinski definition) is 0. The molecule has 1 nitrogen and oxygen atoms in total. The lowest BCUT2D eigenvalue weighted by molar-refractivity contribution is 0.181. The molecule has 3 aromatic carbocycles. The van der Waals surface area contributed by atoms with Crippen LogP contribution in [0.5, 0.6) is 0 Å². The predicted molar refractivity (Wildman–Crippen MR) is 117 cm³/mol. The molecule has 0 N–H and O–H groups in total. The first-order chi connectivity index (χ1) is 13.1. The lowest BCUT2D eigenvalue weighted by atomic mass is 9.99. The fourth-order valence-corrected chi connectivity index (χ4v) is 6.47. The average Bonchev–Trinajstić information content (AvgIpc) is 2.75. The summed E-state index contributed by atoms with van der Waals surface area (Å²) in [5.41, 5.74) is 1.19. The zero-order valence-electron chi connectivity index (χ0n) is 16.0. The number of benzene rings is 3. The van der Waals surface area contributed by atoms with Gasteiger partial charge < -0.3 is 4.43 Å². The van der Waals surface area contributed by atoms with E-state index in [9.17, 15) is 0 Å². The molecule has 0 aliphatic rings. The first-order valence-corrected chi connectivity index (χ1v) is 11.8. The first-order valence-electron chi connectivity index (χ1n) is 9.43. The smallest absolute Gasteiger partial charge is 0.253 e. The maximum Gasteiger partial charge on any atom is 0.253 e. The Bertz CT molecular complexity index is 829. The minimum atomic E-state index is -2.40. The second kappa shape index (κ2) is 8.86. The van der Waals surface area contributed by atoms with Crippen molar-refractivity contribution >= 4 is 18.7 Å². The summed E-state index contributed by atoms with van der Waals surface area (Å²) in [5.74, 6) is 3.02. The van der Waals surface area contributed by atoms with Crippen molar-refractivity contribution in [2.75, 3.05) is 0 Å². The Morgan fingerprint density at radius 2 is 1.26 bits per heavy atom. The Labute approximate surface area is 164 Å². The molecule has 0 amide bonds. The second-order valence-electron chi connectivity index (χ2n) is 7.09. The minimum Gasteiger partial charge on any atom is -0.401 e. The lowest BCUT2D eigenvalue weighted by Gasteiger charge is -2.34. The zero-order valence-corrected chi connectivity index (χ0v) is 17.0. The SMILES string of the molecule is C#C[C@@H](C)C[C@H](O[Si](C)(c1ccccc1)c1ccccc1)c1ccccc1. The maximum atomic E-state index is 7.01. The first kappa shape index (κ1) is 19.2. The Morgan fingerprint density at radius 1 is 0.815 bits per heavy atom. The highest BCUT2D eigenvalue weighted by molar-refractivity contribution is 6.96. The van der Waals surface area contributed by atoms with Crippen molar-refractivity contribution in [3.63, 3.8) is 0 Å². The van der Waals surface area contributed by atoms with Crippen LogP contribution in [0.1, 0.15) is 25.0 Å². The van der Waals surface area contributed by atoms with Crippen LogP contribution in [0.3, 0.4) is 0 Å². The molecular weight excluding hydrogens is 344 g/mol. The van der Waals surface area contributed by atoms with Crippen LogP contribution in [-0.4, -0.2) is 8.32 Å². The molecule has 0 spiro atoms. The van der Waals surface area contributed by atoms with E-state index in [-0.39, 0.29) is 12.0 Å². The number of hydrogen-bond acceptors (Lipinski definition) is 1. The molecule has 3 rings (SSSR count). The van der Waals surface area contributed by atoms with Gasteiger partial charge in [0.1, 0.15) is 0 Å². The summed E-state index contributed by atoms with van der Waals surface area (Å²) in [5, 5.41) is 2.54. The Balaban J connectivity index is 2.04. The van der Waals surface area contributed by atoms with E-state index in [1.165, 1.54) is 15.9 Å². The molecule has 0 saturated carbocycles.